The quantitative estimate of drug-likeness (QED) is 0.366. The molecule has 3 unspecified atom stereocenters. The lowest BCUT2D eigenvalue weighted by Gasteiger charge is -2.38. The largest absolute Gasteiger partial charge is 0.431 e. The van der Waals surface area contributed by atoms with Crippen molar-refractivity contribution in [3.63, 3.8) is 0 Å². The fraction of sp³-hybridized carbons (Fsp3) is 0.609. The number of benzene rings is 1. The third-order valence-corrected chi connectivity index (χ3v) is 9.29. The highest BCUT2D eigenvalue weighted by Gasteiger charge is 2.61. The number of Topliss-reactive ketones (excluding diaryl/α,β-unsaturated/α-hetero) is 1. The molecule has 1 fully saturated rings. The zero-order valence-electron chi connectivity index (χ0n) is 21.5. The summed E-state index contributed by atoms with van der Waals surface area (Å²) < 4.78 is 35.4. The molecule has 1 saturated heterocycles. The van der Waals surface area contributed by atoms with Gasteiger partial charge in [-0.2, -0.15) is 9.42 Å². The molecule has 2 aliphatic heterocycles. The SMILES string of the molecule is CO[P+]1(O)N=C(C2C(=O)N(CCC(C)(C)C)C(C)(C(C)C)C2=O)Nc2ccc(NS(C)(=O)=O)cc21. The lowest BCUT2D eigenvalue weighted by Crippen LogP contribution is -2.52. The molecule has 10 nitrogen and oxygen atoms in total. The number of likely N-dealkylation sites (tertiary alicyclic amines) is 1. The molecule has 3 atom stereocenters. The number of anilines is 2. The van der Waals surface area contributed by atoms with E-state index in [9.17, 15) is 22.9 Å². The van der Waals surface area contributed by atoms with Gasteiger partial charge in [0.15, 0.2) is 17.5 Å². The van der Waals surface area contributed by atoms with Crippen LogP contribution in [0.5, 0.6) is 0 Å². The highest BCUT2D eigenvalue weighted by molar-refractivity contribution is 7.92. The fourth-order valence-electron chi connectivity index (χ4n) is 4.34. The molecular weight excluding hydrogens is 491 g/mol. The van der Waals surface area contributed by atoms with Crippen molar-refractivity contribution in [3.05, 3.63) is 18.2 Å². The van der Waals surface area contributed by atoms with Gasteiger partial charge in [-0.05, 0) is 41.6 Å². The van der Waals surface area contributed by atoms with Gasteiger partial charge in [0.05, 0.1) is 24.7 Å². The van der Waals surface area contributed by atoms with Gasteiger partial charge in [-0.1, -0.05) is 34.6 Å². The van der Waals surface area contributed by atoms with Crippen LogP contribution in [0.3, 0.4) is 0 Å². The maximum absolute atomic E-state index is 13.8. The van der Waals surface area contributed by atoms with Crippen LogP contribution in [0.4, 0.5) is 11.4 Å². The average Bonchev–Trinajstić information content (AvgIpc) is 2.91. The molecule has 35 heavy (non-hydrogen) atoms. The van der Waals surface area contributed by atoms with E-state index < -0.39 is 29.3 Å². The van der Waals surface area contributed by atoms with Crippen molar-refractivity contribution in [2.45, 2.75) is 53.5 Å². The molecule has 2 aliphatic rings. The highest BCUT2D eigenvalue weighted by Crippen LogP contribution is 2.59. The molecule has 0 saturated carbocycles. The monoisotopic (exact) mass is 527 g/mol. The van der Waals surface area contributed by atoms with Crippen LogP contribution in [-0.2, 0) is 24.1 Å². The van der Waals surface area contributed by atoms with Crippen LogP contribution in [0.25, 0.3) is 0 Å². The molecule has 1 aromatic carbocycles. The number of sulfonamides is 1. The van der Waals surface area contributed by atoms with Crippen LogP contribution in [0, 0.1) is 17.3 Å². The van der Waals surface area contributed by atoms with Crippen LogP contribution in [-0.4, -0.2) is 61.2 Å². The van der Waals surface area contributed by atoms with Gasteiger partial charge < -0.3 is 10.2 Å². The Morgan fingerprint density at radius 2 is 1.94 bits per heavy atom. The van der Waals surface area contributed by atoms with Crippen LogP contribution in [0.15, 0.2) is 23.0 Å². The molecule has 3 N–H and O–H groups in total. The minimum absolute atomic E-state index is 0.0294. The molecule has 2 heterocycles. The maximum atomic E-state index is 13.8. The summed E-state index contributed by atoms with van der Waals surface area (Å²) in [4.78, 5) is 40.4. The van der Waals surface area contributed by atoms with Gasteiger partial charge in [0.2, 0.25) is 21.2 Å². The number of carbonyl (C=O) groups is 2. The van der Waals surface area contributed by atoms with Gasteiger partial charge >= 0.3 is 7.87 Å². The van der Waals surface area contributed by atoms with E-state index in [4.69, 9.17) is 4.52 Å². The summed E-state index contributed by atoms with van der Waals surface area (Å²) in [7, 11) is -5.90. The first-order valence-electron chi connectivity index (χ1n) is 11.5. The van der Waals surface area contributed by atoms with Crippen LogP contribution < -0.4 is 15.3 Å². The van der Waals surface area contributed by atoms with Crippen molar-refractivity contribution in [2.75, 3.05) is 29.9 Å². The van der Waals surface area contributed by atoms with E-state index in [0.717, 1.165) is 12.7 Å². The van der Waals surface area contributed by atoms with Crippen molar-refractivity contribution < 1.29 is 27.4 Å². The predicted molar refractivity (Wildman–Crippen MR) is 139 cm³/mol. The van der Waals surface area contributed by atoms with E-state index in [1.807, 2.05) is 13.8 Å². The van der Waals surface area contributed by atoms with Crippen molar-refractivity contribution in [1.82, 2.24) is 4.90 Å². The summed E-state index contributed by atoms with van der Waals surface area (Å²) in [6.07, 6.45) is 1.74. The third-order valence-electron chi connectivity index (χ3n) is 6.69. The van der Waals surface area contributed by atoms with E-state index in [0.29, 0.717) is 12.2 Å². The Labute approximate surface area is 208 Å². The Bertz CT molecular complexity index is 1180. The number of carbonyl (C=O) groups excluding carboxylic acids is 2. The maximum Gasteiger partial charge on any atom is 0.431 e. The molecular formula is C23H36N4O6PS+. The number of amidine groups is 1. The first-order chi connectivity index (χ1) is 15.9. The Kier molecular flexibility index (Phi) is 7.16. The Morgan fingerprint density at radius 1 is 1.31 bits per heavy atom. The van der Waals surface area contributed by atoms with Crippen molar-refractivity contribution in [1.29, 1.82) is 0 Å². The second-order valence-electron chi connectivity index (χ2n) is 10.8. The number of fused-ring (bicyclic) bond motifs is 1. The first-order valence-corrected chi connectivity index (χ1v) is 15.0. The Balaban J connectivity index is 2.04. The fourth-order valence-corrected chi connectivity index (χ4v) is 6.49. The number of hydrogen-bond acceptors (Lipinski definition) is 8. The minimum Gasteiger partial charge on any atom is -0.336 e. The van der Waals surface area contributed by atoms with Gasteiger partial charge in [-0.25, -0.2) is 8.42 Å². The van der Waals surface area contributed by atoms with Crippen LogP contribution in [0.1, 0.15) is 48.0 Å². The van der Waals surface area contributed by atoms with E-state index in [2.05, 4.69) is 35.6 Å². The molecule has 1 amide bonds. The molecule has 0 spiro atoms. The Morgan fingerprint density at radius 3 is 2.46 bits per heavy atom. The molecule has 3 rings (SSSR count). The van der Waals surface area contributed by atoms with Crippen molar-refractivity contribution in [2.24, 2.45) is 22.0 Å². The Hall–Kier alpha value is -2.07. The summed E-state index contributed by atoms with van der Waals surface area (Å²) in [5, 5.41) is 3.30. The summed E-state index contributed by atoms with van der Waals surface area (Å²) in [6.45, 7) is 12.3. The minimum atomic E-state index is -3.65. The smallest absolute Gasteiger partial charge is 0.336 e. The first kappa shape index (κ1) is 27.5. The summed E-state index contributed by atoms with van der Waals surface area (Å²) >= 11 is 0. The molecule has 194 valence electrons. The summed E-state index contributed by atoms with van der Waals surface area (Å²) in [5.74, 6) is -1.94. The normalized spacial score (nSPS) is 27.1. The topological polar surface area (TPSA) is 137 Å². The standard InChI is InChI=1S/C23H36N4O6PS/c1-14(2)23(6)19(28)18(21(29)27(23)12-11-22(3,4)5)20-24-16-10-9-15(26-35(8,31)32)13-17(16)34(30,25-20)33-7/h9-10,13-14,18,26,30H,11-12H2,1-8H3,(H,24,25)/q+1. The second-order valence-corrected chi connectivity index (χ2v) is 14.7. The number of rotatable bonds is 7. The molecule has 12 heteroatoms. The number of nitrogens with zero attached hydrogens (tertiary/aromatic N) is 2. The van der Waals surface area contributed by atoms with Crippen LogP contribution in [0.2, 0.25) is 0 Å². The summed E-state index contributed by atoms with van der Waals surface area (Å²) in [6, 6.07) is 4.51. The number of nitrogens with one attached hydrogen (secondary N) is 2. The van der Waals surface area contributed by atoms with Gasteiger partial charge in [-0.3, -0.25) is 14.3 Å². The highest BCUT2D eigenvalue weighted by atomic mass is 32.2. The number of ketones is 1. The van der Waals surface area contributed by atoms with Gasteiger partial charge in [-0.15, -0.1) is 0 Å². The predicted octanol–water partition coefficient (Wildman–Crippen LogP) is 2.79. The zero-order valence-corrected chi connectivity index (χ0v) is 23.3. The number of hydrogen-bond donors (Lipinski definition) is 3. The van der Waals surface area contributed by atoms with Crippen molar-refractivity contribution in [3.8, 4) is 0 Å². The van der Waals surface area contributed by atoms with Gasteiger partial charge in [0.25, 0.3) is 0 Å². The van der Waals surface area contributed by atoms with E-state index >= 15 is 0 Å². The van der Waals surface area contributed by atoms with Gasteiger partial charge in [0, 0.05) is 12.6 Å². The third kappa shape index (κ3) is 5.23. The second kappa shape index (κ2) is 9.10. The lowest BCUT2D eigenvalue weighted by molar-refractivity contribution is -0.134. The molecule has 1 aromatic rings. The average molecular weight is 528 g/mol. The molecule has 0 radical (unpaired) electrons. The zero-order chi connectivity index (χ0) is 26.6. The van der Waals surface area contributed by atoms with Crippen molar-refractivity contribution >= 4 is 52.1 Å². The lowest BCUT2D eigenvalue weighted by atomic mass is 9.81. The number of amides is 1. The van der Waals surface area contributed by atoms with Crippen LogP contribution >= 0.6 is 7.87 Å². The van der Waals surface area contributed by atoms with Gasteiger partial charge in [0.1, 0.15) is 5.54 Å². The molecule has 0 aliphatic carbocycles. The summed E-state index contributed by atoms with van der Waals surface area (Å²) in [5.41, 5.74) is -0.425. The van der Waals surface area contributed by atoms with E-state index in [1.165, 1.54) is 19.2 Å². The molecule has 0 bridgehead atoms. The van der Waals surface area contributed by atoms with E-state index in [1.54, 1.807) is 17.9 Å². The van der Waals surface area contributed by atoms with E-state index in [-0.39, 0.29) is 39.9 Å². The molecule has 0 aromatic heterocycles.